The van der Waals surface area contributed by atoms with Gasteiger partial charge in [-0.15, -0.1) is 0 Å². The number of ether oxygens (including phenoxy) is 1. The van der Waals surface area contributed by atoms with E-state index in [1.54, 1.807) is 20.8 Å². The van der Waals surface area contributed by atoms with Gasteiger partial charge in [0.15, 0.2) is 0 Å². The van der Waals surface area contributed by atoms with Crippen molar-refractivity contribution in [3.05, 3.63) is 29.8 Å². The summed E-state index contributed by atoms with van der Waals surface area (Å²) in [4.78, 5) is 25.8. The van der Waals surface area contributed by atoms with Gasteiger partial charge in [0.05, 0.1) is 5.69 Å². The zero-order chi connectivity index (χ0) is 17.2. The summed E-state index contributed by atoms with van der Waals surface area (Å²) >= 11 is 0. The highest BCUT2D eigenvalue weighted by molar-refractivity contribution is 5.97. The molecule has 23 heavy (non-hydrogen) atoms. The Balaban J connectivity index is 2.07. The molecule has 1 aliphatic heterocycles. The lowest BCUT2D eigenvalue weighted by molar-refractivity contribution is -0.120. The smallest absolute Gasteiger partial charge is 0.410 e. The Kier molecular flexibility index (Phi) is 4.87. The Morgan fingerprint density at radius 3 is 2.61 bits per heavy atom. The maximum atomic E-state index is 13.6. The third-order valence-electron chi connectivity index (χ3n) is 3.37. The van der Waals surface area contributed by atoms with Gasteiger partial charge in [-0.05, 0) is 45.7 Å². The number of benzene rings is 1. The van der Waals surface area contributed by atoms with Crippen LogP contribution < -0.4 is 5.32 Å². The fourth-order valence-corrected chi connectivity index (χ4v) is 2.39. The van der Waals surface area contributed by atoms with Crippen molar-refractivity contribution in [2.24, 2.45) is 0 Å². The van der Waals surface area contributed by atoms with Gasteiger partial charge >= 0.3 is 6.09 Å². The number of anilines is 1. The molecule has 1 unspecified atom stereocenters. The second-order valence-corrected chi connectivity index (χ2v) is 6.45. The SMILES string of the molecule is CC(C)(C)OC(=O)N1CCCC1C(=O)Nc1ccc(F)cc1F. The number of hydrogen-bond acceptors (Lipinski definition) is 3. The number of rotatable bonds is 2. The second-order valence-electron chi connectivity index (χ2n) is 6.45. The molecule has 1 N–H and O–H groups in total. The molecule has 126 valence electrons. The minimum Gasteiger partial charge on any atom is -0.444 e. The van der Waals surface area contributed by atoms with Crippen molar-refractivity contribution in [2.45, 2.75) is 45.3 Å². The number of carbonyl (C=O) groups excluding carboxylic acids is 2. The van der Waals surface area contributed by atoms with E-state index in [0.717, 1.165) is 12.1 Å². The second kappa shape index (κ2) is 6.52. The molecule has 1 aliphatic rings. The Hall–Kier alpha value is -2.18. The van der Waals surface area contributed by atoms with Crippen molar-refractivity contribution < 1.29 is 23.1 Å². The van der Waals surface area contributed by atoms with Gasteiger partial charge < -0.3 is 10.1 Å². The molecule has 1 aromatic rings. The summed E-state index contributed by atoms with van der Waals surface area (Å²) in [6, 6.07) is 2.17. The lowest BCUT2D eigenvalue weighted by atomic mass is 10.2. The summed E-state index contributed by atoms with van der Waals surface area (Å²) in [6.45, 7) is 5.62. The quantitative estimate of drug-likeness (QED) is 0.907. The van der Waals surface area contributed by atoms with Crippen LogP contribution in [0.15, 0.2) is 18.2 Å². The molecule has 0 aromatic heterocycles. The summed E-state index contributed by atoms with van der Waals surface area (Å²) < 4.78 is 31.8. The lowest BCUT2D eigenvalue weighted by Crippen LogP contribution is -2.45. The molecule has 2 rings (SSSR count). The molecule has 0 spiro atoms. The van der Waals surface area contributed by atoms with Crippen molar-refractivity contribution in [3.8, 4) is 0 Å². The Morgan fingerprint density at radius 2 is 2.00 bits per heavy atom. The third kappa shape index (κ3) is 4.40. The largest absolute Gasteiger partial charge is 0.444 e. The molecule has 1 fully saturated rings. The molecular weight excluding hydrogens is 306 g/mol. The Morgan fingerprint density at radius 1 is 1.30 bits per heavy atom. The number of hydrogen-bond donors (Lipinski definition) is 1. The van der Waals surface area contributed by atoms with Crippen molar-refractivity contribution in [2.75, 3.05) is 11.9 Å². The molecule has 2 amide bonds. The van der Waals surface area contributed by atoms with Crippen LogP contribution in [-0.2, 0) is 9.53 Å². The average Bonchev–Trinajstić information content (AvgIpc) is 2.89. The predicted molar refractivity (Wildman–Crippen MR) is 80.9 cm³/mol. The Labute approximate surface area is 133 Å². The first-order valence-electron chi connectivity index (χ1n) is 7.43. The van der Waals surface area contributed by atoms with E-state index in [9.17, 15) is 18.4 Å². The van der Waals surface area contributed by atoms with Crippen molar-refractivity contribution in [1.29, 1.82) is 0 Å². The first-order valence-corrected chi connectivity index (χ1v) is 7.43. The zero-order valence-electron chi connectivity index (χ0n) is 13.4. The molecule has 0 aliphatic carbocycles. The van der Waals surface area contributed by atoms with Crippen LogP contribution in [0.3, 0.4) is 0 Å². The van der Waals surface area contributed by atoms with Crippen LogP contribution in [0, 0.1) is 11.6 Å². The predicted octanol–water partition coefficient (Wildman–Crippen LogP) is 3.30. The normalized spacial score (nSPS) is 18.0. The molecule has 1 atom stereocenters. The van der Waals surface area contributed by atoms with Crippen molar-refractivity contribution in [1.82, 2.24) is 4.90 Å². The van der Waals surface area contributed by atoms with Gasteiger partial charge in [-0.25, -0.2) is 13.6 Å². The molecule has 5 nitrogen and oxygen atoms in total. The molecule has 1 saturated heterocycles. The summed E-state index contributed by atoms with van der Waals surface area (Å²) in [5.41, 5.74) is -0.781. The first-order chi connectivity index (χ1) is 10.7. The lowest BCUT2D eigenvalue weighted by Gasteiger charge is -2.28. The van der Waals surface area contributed by atoms with Crippen LogP contribution >= 0.6 is 0 Å². The van der Waals surface area contributed by atoms with Gasteiger partial charge in [0.25, 0.3) is 0 Å². The summed E-state index contributed by atoms with van der Waals surface area (Å²) in [6.07, 6.45) is 0.548. The summed E-state index contributed by atoms with van der Waals surface area (Å²) in [7, 11) is 0. The minimum absolute atomic E-state index is 0.118. The van der Waals surface area contributed by atoms with E-state index in [0.29, 0.717) is 25.5 Å². The summed E-state index contributed by atoms with van der Waals surface area (Å²) in [5.74, 6) is -2.10. The highest BCUT2D eigenvalue weighted by atomic mass is 19.1. The van der Waals surface area contributed by atoms with Gasteiger partial charge in [0.1, 0.15) is 23.3 Å². The van der Waals surface area contributed by atoms with Crippen LogP contribution in [-0.4, -0.2) is 35.1 Å². The monoisotopic (exact) mass is 326 g/mol. The van der Waals surface area contributed by atoms with Gasteiger partial charge in [-0.1, -0.05) is 0 Å². The topological polar surface area (TPSA) is 58.6 Å². The van der Waals surface area contributed by atoms with E-state index in [1.807, 2.05) is 0 Å². The van der Waals surface area contributed by atoms with E-state index in [-0.39, 0.29) is 5.69 Å². The van der Waals surface area contributed by atoms with Crippen LogP contribution in [0.2, 0.25) is 0 Å². The first kappa shape index (κ1) is 17.2. The fraction of sp³-hybridized carbons (Fsp3) is 0.500. The van der Waals surface area contributed by atoms with E-state index in [2.05, 4.69) is 5.32 Å². The van der Waals surface area contributed by atoms with Gasteiger partial charge in [0.2, 0.25) is 5.91 Å². The highest BCUT2D eigenvalue weighted by Gasteiger charge is 2.36. The van der Waals surface area contributed by atoms with E-state index in [4.69, 9.17) is 4.74 Å². The molecule has 0 saturated carbocycles. The standard InChI is InChI=1S/C16H20F2N2O3/c1-16(2,3)23-15(22)20-8-4-5-13(20)14(21)19-12-7-6-10(17)9-11(12)18/h6-7,9,13H,4-5,8H2,1-3H3,(H,19,21). The summed E-state index contributed by atoms with van der Waals surface area (Å²) in [5, 5.41) is 2.40. The molecule has 0 radical (unpaired) electrons. The van der Waals surface area contributed by atoms with Crippen molar-refractivity contribution >= 4 is 17.7 Å². The van der Waals surface area contributed by atoms with Crippen molar-refractivity contribution in [3.63, 3.8) is 0 Å². The van der Waals surface area contributed by atoms with Crippen LogP contribution in [0.25, 0.3) is 0 Å². The number of amides is 2. The Bertz CT molecular complexity index is 614. The molecule has 1 heterocycles. The molecule has 0 bridgehead atoms. The van der Waals surface area contributed by atoms with Gasteiger partial charge in [-0.2, -0.15) is 0 Å². The number of halogens is 2. The average molecular weight is 326 g/mol. The maximum absolute atomic E-state index is 13.6. The van der Waals surface area contributed by atoms with Crippen LogP contribution in [0.4, 0.5) is 19.3 Å². The van der Waals surface area contributed by atoms with Crippen LogP contribution in [0.5, 0.6) is 0 Å². The van der Waals surface area contributed by atoms with Crippen LogP contribution in [0.1, 0.15) is 33.6 Å². The van der Waals surface area contributed by atoms with Gasteiger partial charge in [0, 0.05) is 12.6 Å². The number of carbonyl (C=O) groups is 2. The van der Waals surface area contributed by atoms with E-state index < -0.39 is 35.3 Å². The minimum atomic E-state index is -0.861. The van der Waals surface area contributed by atoms with E-state index in [1.165, 1.54) is 4.90 Å². The molecular formula is C16H20F2N2O3. The third-order valence-corrected chi connectivity index (χ3v) is 3.37. The number of nitrogens with zero attached hydrogens (tertiary/aromatic N) is 1. The van der Waals surface area contributed by atoms with Gasteiger partial charge in [-0.3, -0.25) is 9.69 Å². The molecule has 1 aromatic carbocycles. The fourth-order valence-electron chi connectivity index (χ4n) is 2.39. The number of nitrogens with one attached hydrogen (secondary N) is 1. The number of likely N-dealkylation sites (tertiary alicyclic amines) is 1. The van der Waals surface area contributed by atoms with E-state index >= 15 is 0 Å². The highest BCUT2D eigenvalue weighted by Crippen LogP contribution is 2.23. The maximum Gasteiger partial charge on any atom is 0.410 e. The zero-order valence-corrected chi connectivity index (χ0v) is 13.4. The molecule has 7 heteroatoms.